The number of esters is 1. The molecule has 0 aromatic heterocycles. The van der Waals surface area contributed by atoms with Crippen LogP contribution in [0.2, 0.25) is 0 Å². The molecule has 0 spiro atoms. The molecule has 0 rings (SSSR count). The van der Waals surface area contributed by atoms with Gasteiger partial charge in [0, 0.05) is 12.8 Å². The number of carbonyl (C=O) groups excluding carboxylic acids is 1. The standard InChI is InChI=1S/C13H24O5/c1-2-11(14)10-18-13(17)9-7-5-3-4-6-8-12(15)16/h11,14H,2-10H2,1H3,(H,15,16). The normalized spacial score (nSPS) is 12.1. The molecule has 5 heteroatoms. The molecule has 0 aromatic rings. The number of carboxylic acid groups (broad SMARTS) is 1. The van der Waals surface area contributed by atoms with E-state index >= 15 is 0 Å². The number of hydrogen-bond acceptors (Lipinski definition) is 4. The van der Waals surface area contributed by atoms with Crippen molar-refractivity contribution < 1.29 is 24.5 Å². The van der Waals surface area contributed by atoms with Gasteiger partial charge in [-0.3, -0.25) is 9.59 Å². The lowest BCUT2D eigenvalue weighted by molar-refractivity contribution is -0.146. The molecule has 1 unspecified atom stereocenters. The largest absolute Gasteiger partial charge is 0.481 e. The van der Waals surface area contributed by atoms with Gasteiger partial charge in [-0.1, -0.05) is 26.2 Å². The van der Waals surface area contributed by atoms with Crippen molar-refractivity contribution in [2.24, 2.45) is 0 Å². The lowest BCUT2D eigenvalue weighted by Gasteiger charge is -2.08. The lowest BCUT2D eigenvalue weighted by Crippen LogP contribution is -2.17. The van der Waals surface area contributed by atoms with E-state index in [2.05, 4.69) is 0 Å². The highest BCUT2D eigenvalue weighted by Crippen LogP contribution is 2.08. The smallest absolute Gasteiger partial charge is 0.305 e. The number of carbonyl (C=O) groups is 2. The Labute approximate surface area is 108 Å². The molecule has 1 atom stereocenters. The molecule has 18 heavy (non-hydrogen) atoms. The minimum absolute atomic E-state index is 0.0773. The number of hydrogen-bond donors (Lipinski definition) is 2. The molecule has 0 saturated heterocycles. The zero-order chi connectivity index (χ0) is 13.8. The van der Waals surface area contributed by atoms with Crippen LogP contribution in [-0.4, -0.2) is 34.9 Å². The van der Waals surface area contributed by atoms with Crippen molar-refractivity contribution in [2.45, 2.75) is 64.4 Å². The van der Waals surface area contributed by atoms with Crippen LogP contribution in [0.15, 0.2) is 0 Å². The summed E-state index contributed by atoms with van der Waals surface area (Å²) >= 11 is 0. The molecular formula is C13H24O5. The third-order valence-corrected chi connectivity index (χ3v) is 2.68. The van der Waals surface area contributed by atoms with Crippen LogP contribution in [0, 0.1) is 0 Å². The molecule has 106 valence electrons. The van der Waals surface area contributed by atoms with Gasteiger partial charge in [0.15, 0.2) is 0 Å². The molecule has 0 radical (unpaired) electrons. The summed E-state index contributed by atoms with van der Waals surface area (Å²) in [5.74, 6) is -1.03. The van der Waals surface area contributed by atoms with Gasteiger partial charge in [0.1, 0.15) is 6.61 Å². The van der Waals surface area contributed by atoms with Gasteiger partial charge in [-0.25, -0.2) is 0 Å². The van der Waals surface area contributed by atoms with Crippen molar-refractivity contribution in [2.75, 3.05) is 6.61 Å². The van der Waals surface area contributed by atoms with Crippen LogP contribution < -0.4 is 0 Å². The Hall–Kier alpha value is -1.10. The number of aliphatic carboxylic acids is 1. The van der Waals surface area contributed by atoms with Gasteiger partial charge >= 0.3 is 11.9 Å². The highest BCUT2D eigenvalue weighted by Gasteiger charge is 2.06. The Kier molecular flexibility index (Phi) is 10.3. The summed E-state index contributed by atoms with van der Waals surface area (Å²) in [5, 5.41) is 17.6. The molecule has 0 aliphatic heterocycles. The van der Waals surface area contributed by atoms with Crippen molar-refractivity contribution in [3.8, 4) is 0 Å². The summed E-state index contributed by atoms with van der Waals surface area (Å²) in [6.45, 7) is 1.91. The van der Waals surface area contributed by atoms with Gasteiger partial charge in [-0.2, -0.15) is 0 Å². The molecule has 0 aromatic carbocycles. The summed E-state index contributed by atoms with van der Waals surface area (Å²) in [5.41, 5.74) is 0. The average molecular weight is 260 g/mol. The number of aliphatic hydroxyl groups excluding tert-OH is 1. The summed E-state index contributed by atoms with van der Waals surface area (Å²) in [4.78, 5) is 21.5. The highest BCUT2D eigenvalue weighted by molar-refractivity contribution is 5.69. The van der Waals surface area contributed by atoms with Gasteiger partial charge < -0.3 is 14.9 Å². The van der Waals surface area contributed by atoms with E-state index in [1.54, 1.807) is 0 Å². The molecule has 0 heterocycles. The molecular weight excluding hydrogens is 236 g/mol. The van der Waals surface area contributed by atoms with Gasteiger partial charge in [-0.05, 0) is 19.3 Å². The zero-order valence-electron chi connectivity index (χ0n) is 11.1. The van der Waals surface area contributed by atoms with Gasteiger partial charge in [0.25, 0.3) is 0 Å². The van der Waals surface area contributed by atoms with E-state index in [1.165, 1.54) is 0 Å². The minimum atomic E-state index is -0.756. The first kappa shape index (κ1) is 16.9. The Morgan fingerprint density at radius 3 is 2.17 bits per heavy atom. The summed E-state index contributed by atoms with van der Waals surface area (Å²) in [7, 11) is 0. The van der Waals surface area contributed by atoms with E-state index in [-0.39, 0.29) is 19.0 Å². The van der Waals surface area contributed by atoms with Gasteiger partial charge in [-0.15, -0.1) is 0 Å². The monoisotopic (exact) mass is 260 g/mol. The van der Waals surface area contributed by atoms with Crippen LogP contribution in [0.3, 0.4) is 0 Å². The van der Waals surface area contributed by atoms with Crippen LogP contribution in [0.4, 0.5) is 0 Å². The second-order valence-electron chi connectivity index (χ2n) is 4.41. The molecule has 0 saturated carbocycles. The van der Waals surface area contributed by atoms with E-state index in [0.29, 0.717) is 19.3 Å². The van der Waals surface area contributed by atoms with Gasteiger partial charge in [0.05, 0.1) is 6.10 Å². The first-order valence-corrected chi connectivity index (χ1v) is 6.61. The van der Waals surface area contributed by atoms with E-state index in [9.17, 15) is 14.7 Å². The SMILES string of the molecule is CCC(O)COC(=O)CCCCCCCC(=O)O. The number of carboxylic acids is 1. The second-order valence-corrected chi connectivity index (χ2v) is 4.41. The van der Waals surface area contributed by atoms with Crippen LogP contribution >= 0.6 is 0 Å². The summed E-state index contributed by atoms with van der Waals surface area (Å²) in [6.07, 6.45) is 4.80. The Morgan fingerprint density at radius 1 is 1.06 bits per heavy atom. The maximum Gasteiger partial charge on any atom is 0.305 e. The summed E-state index contributed by atoms with van der Waals surface area (Å²) < 4.78 is 4.89. The number of unbranched alkanes of at least 4 members (excludes halogenated alkanes) is 4. The molecule has 0 fully saturated rings. The first-order chi connectivity index (χ1) is 8.56. The zero-order valence-corrected chi connectivity index (χ0v) is 11.1. The quantitative estimate of drug-likeness (QED) is 0.439. The van der Waals surface area contributed by atoms with Crippen LogP contribution in [0.1, 0.15) is 58.3 Å². The highest BCUT2D eigenvalue weighted by atomic mass is 16.5. The van der Waals surface area contributed by atoms with Crippen LogP contribution in [0.25, 0.3) is 0 Å². The second kappa shape index (κ2) is 11.0. The maximum absolute atomic E-state index is 11.2. The Bertz CT molecular complexity index is 240. The first-order valence-electron chi connectivity index (χ1n) is 6.61. The minimum Gasteiger partial charge on any atom is -0.481 e. The maximum atomic E-state index is 11.2. The number of rotatable bonds is 11. The van der Waals surface area contributed by atoms with Crippen molar-refractivity contribution in [3.63, 3.8) is 0 Å². The molecule has 5 nitrogen and oxygen atoms in total. The van der Waals surface area contributed by atoms with E-state index in [1.807, 2.05) is 6.92 Å². The van der Waals surface area contributed by atoms with E-state index in [0.717, 1.165) is 25.7 Å². The topological polar surface area (TPSA) is 83.8 Å². The summed E-state index contributed by atoms with van der Waals surface area (Å²) in [6, 6.07) is 0. The number of ether oxygens (including phenoxy) is 1. The molecule has 0 amide bonds. The molecule has 0 aliphatic carbocycles. The van der Waals surface area contributed by atoms with E-state index < -0.39 is 12.1 Å². The van der Waals surface area contributed by atoms with Crippen molar-refractivity contribution in [3.05, 3.63) is 0 Å². The number of aliphatic hydroxyl groups is 1. The van der Waals surface area contributed by atoms with Crippen LogP contribution in [-0.2, 0) is 14.3 Å². The lowest BCUT2D eigenvalue weighted by atomic mass is 10.1. The molecule has 0 bridgehead atoms. The van der Waals surface area contributed by atoms with Crippen molar-refractivity contribution in [1.29, 1.82) is 0 Å². The third kappa shape index (κ3) is 11.4. The third-order valence-electron chi connectivity index (χ3n) is 2.68. The predicted octanol–water partition coefficient (Wildman–Crippen LogP) is 2.12. The average Bonchev–Trinajstić information content (AvgIpc) is 2.34. The van der Waals surface area contributed by atoms with Crippen molar-refractivity contribution >= 4 is 11.9 Å². The van der Waals surface area contributed by atoms with Gasteiger partial charge in [0.2, 0.25) is 0 Å². The fraction of sp³-hybridized carbons (Fsp3) is 0.846. The Morgan fingerprint density at radius 2 is 1.61 bits per heavy atom. The Balaban J connectivity index is 3.27. The fourth-order valence-electron chi connectivity index (χ4n) is 1.46. The predicted molar refractivity (Wildman–Crippen MR) is 67.2 cm³/mol. The fourth-order valence-corrected chi connectivity index (χ4v) is 1.46. The van der Waals surface area contributed by atoms with Crippen molar-refractivity contribution in [1.82, 2.24) is 0 Å². The van der Waals surface area contributed by atoms with Crippen LogP contribution in [0.5, 0.6) is 0 Å². The molecule has 2 N–H and O–H groups in total. The molecule has 0 aliphatic rings. The van der Waals surface area contributed by atoms with E-state index in [4.69, 9.17) is 9.84 Å².